The van der Waals surface area contributed by atoms with Crippen LogP contribution in [0.25, 0.3) is 11.0 Å². The number of amides is 1. The van der Waals surface area contributed by atoms with Crippen LogP contribution >= 0.6 is 0 Å². The zero-order valence-electron chi connectivity index (χ0n) is 27.8. The highest BCUT2D eigenvalue weighted by atomic mass is 32.2. The molecule has 4 aliphatic rings. The second kappa shape index (κ2) is 12.6. The lowest BCUT2D eigenvalue weighted by Gasteiger charge is -2.45. The van der Waals surface area contributed by atoms with Crippen molar-refractivity contribution in [2.75, 3.05) is 19.6 Å². The van der Waals surface area contributed by atoms with E-state index in [4.69, 9.17) is 4.98 Å². The standard InChI is InChI=1S/C38H43F2N5O3S/c1-25-41-33-9-5-6-10-34(33)45(25)31-23-29-13-14-30(24-31)44(29)20-17-38(27-7-3-2-4-8-27)15-18-43(19-16-38)37(46)26-21-32(39)36(40)35(22-26)49(47,48)42-28-11-12-28/h2-10,21-22,28-31,42H,11-20,23-24H2,1H3. The molecule has 0 spiro atoms. The summed E-state index contributed by atoms with van der Waals surface area (Å²) in [4.78, 5) is 22.1. The number of piperidine rings is 2. The number of nitrogens with zero attached hydrogens (tertiary/aromatic N) is 4. The van der Waals surface area contributed by atoms with Crippen molar-refractivity contribution >= 4 is 27.0 Å². The topological polar surface area (TPSA) is 87.5 Å². The number of rotatable bonds is 9. The summed E-state index contributed by atoms with van der Waals surface area (Å²) in [5.41, 5.74) is 3.26. The van der Waals surface area contributed by atoms with E-state index in [1.54, 1.807) is 4.90 Å². The molecule has 11 heteroatoms. The van der Waals surface area contributed by atoms with Crippen molar-refractivity contribution in [3.63, 3.8) is 0 Å². The van der Waals surface area contributed by atoms with Gasteiger partial charge >= 0.3 is 0 Å². The Morgan fingerprint density at radius 1 is 0.918 bits per heavy atom. The summed E-state index contributed by atoms with van der Waals surface area (Å²) in [6.45, 7) is 3.98. The first-order chi connectivity index (χ1) is 23.6. The molecule has 0 radical (unpaired) electrons. The van der Waals surface area contributed by atoms with Gasteiger partial charge in [0.25, 0.3) is 5.91 Å². The lowest BCUT2D eigenvalue weighted by Crippen LogP contribution is -2.49. The summed E-state index contributed by atoms with van der Waals surface area (Å²) >= 11 is 0. The molecule has 1 N–H and O–H groups in total. The molecule has 4 aromatic rings. The highest BCUT2D eigenvalue weighted by Crippen LogP contribution is 2.45. The van der Waals surface area contributed by atoms with Gasteiger partial charge in [0.05, 0.1) is 11.0 Å². The van der Waals surface area contributed by atoms with E-state index in [2.05, 4.69) is 63.6 Å². The number of likely N-dealkylation sites (tertiary alicyclic amines) is 1. The Balaban J connectivity index is 0.977. The average Bonchev–Trinajstić information content (AvgIpc) is 3.79. The number of benzene rings is 3. The molecular formula is C38H43F2N5O3S. The van der Waals surface area contributed by atoms with E-state index in [1.165, 1.54) is 23.9 Å². The summed E-state index contributed by atoms with van der Waals surface area (Å²) in [6.07, 6.45) is 8.36. The minimum Gasteiger partial charge on any atom is -0.339 e. The largest absolute Gasteiger partial charge is 0.339 e. The third-order valence-corrected chi connectivity index (χ3v) is 13.2. The number of halogens is 2. The number of hydrogen-bond donors (Lipinski definition) is 1. The molecule has 49 heavy (non-hydrogen) atoms. The number of aryl methyl sites for hydroxylation is 1. The molecule has 1 amide bonds. The van der Waals surface area contributed by atoms with Crippen molar-refractivity contribution in [2.24, 2.45) is 0 Å². The highest BCUT2D eigenvalue weighted by Gasteiger charge is 2.44. The average molecular weight is 688 g/mol. The molecule has 3 aromatic carbocycles. The summed E-state index contributed by atoms with van der Waals surface area (Å²) < 4.78 is 59.8. The summed E-state index contributed by atoms with van der Waals surface area (Å²) in [6, 6.07) is 22.0. The minimum atomic E-state index is -4.29. The molecule has 2 unspecified atom stereocenters. The van der Waals surface area contributed by atoms with Gasteiger partial charge in [-0.25, -0.2) is 26.9 Å². The fourth-order valence-electron chi connectivity index (χ4n) is 8.95. The lowest BCUT2D eigenvalue weighted by atomic mass is 9.70. The van der Waals surface area contributed by atoms with Gasteiger partial charge in [0.1, 0.15) is 10.7 Å². The van der Waals surface area contributed by atoms with Gasteiger partial charge in [0.15, 0.2) is 11.6 Å². The number of aromatic nitrogens is 2. The van der Waals surface area contributed by atoms with Crippen molar-refractivity contribution in [1.82, 2.24) is 24.1 Å². The predicted molar refractivity (Wildman–Crippen MR) is 184 cm³/mol. The molecular weight excluding hydrogens is 645 g/mol. The van der Waals surface area contributed by atoms with Gasteiger partial charge in [0, 0.05) is 42.8 Å². The maximum atomic E-state index is 14.7. The summed E-state index contributed by atoms with van der Waals surface area (Å²) in [5.74, 6) is -2.20. The van der Waals surface area contributed by atoms with E-state index >= 15 is 0 Å². The molecule has 3 aliphatic heterocycles. The minimum absolute atomic E-state index is 0.137. The van der Waals surface area contributed by atoms with Gasteiger partial charge in [-0.15, -0.1) is 0 Å². The van der Waals surface area contributed by atoms with Crippen LogP contribution in [0.2, 0.25) is 0 Å². The lowest BCUT2D eigenvalue weighted by molar-refractivity contribution is 0.0606. The number of sulfonamides is 1. The van der Waals surface area contributed by atoms with Crippen LogP contribution in [0, 0.1) is 18.6 Å². The normalized spacial score (nSPS) is 24.1. The first-order valence-electron chi connectivity index (χ1n) is 17.7. The molecule has 1 saturated carbocycles. The molecule has 8 nitrogen and oxygen atoms in total. The molecule has 258 valence electrons. The first-order valence-corrected chi connectivity index (χ1v) is 19.2. The van der Waals surface area contributed by atoms with Crippen LogP contribution in [-0.2, 0) is 15.4 Å². The molecule has 2 bridgehead atoms. The molecule has 4 fully saturated rings. The number of carbonyl (C=O) groups is 1. The number of fused-ring (bicyclic) bond motifs is 3. The van der Waals surface area contributed by atoms with Crippen molar-refractivity contribution in [2.45, 2.75) is 99.2 Å². The fraction of sp³-hybridized carbons (Fsp3) is 0.474. The van der Waals surface area contributed by atoms with Gasteiger partial charge in [-0.3, -0.25) is 9.69 Å². The van der Waals surface area contributed by atoms with Crippen LogP contribution in [0.5, 0.6) is 0 Å². The monoisotopic (exact) mass is 687 g/mol. The number of hydrogen-bond acceptors (Lipinski definition) is 5. The van der Waals surface area contributed by atoms with E-state index in [0.29, 0.717) is 44.1 Å². The van der Waals surface area contributed by atoms with Gasteiger partial charge in [-0.2, -0.15) is 0 Å². The van der Waals surface area contributed by atoms with Crippen LogP contribution in [-0.4, -0.2) is 71.4 Å². The zero-order chi connectivity index (χ0) is 33.9. The van der Waals surface area contributed by atoms with E-state index in [0.717, 1.165) is 62.1 Å². The SMILES string of the molecule is Cc1nc2ccccc2n1C1CC2CCC(C1)N2CCC1(c2ccccc2)CCN(C(=O)c2cc(F)c(F)c(S(=O)(=O)NC3CC3)c2)CC1. The molecule has 3 saturated heterocycles. The number of carbonyl (C=O) groups excluding carboxylic acids is 1. The first kappa shape index (κ1) is 32.5. The van der Waals surface area contributed by atoms with E-state index in [-0.39, 0.29) is 17.0 Å². The van der Waals surface area contributed by atoms with Crippen LogP contribution in [0.3, 0.4) is 0 Å². The third-order valence-electron chi connectivity index (χ3n) is 11.7. The van der Waals surface area contributed by atoms with E-state index < -0.39 is 32.5 Å². The highest BCUT2D eigenvalue weighted by molar-refractivity contribution is 7.89. The Morgan fingerprint density at radius 2 is 1.59 bits per heavy atom. The van der Waals surface area contributed by atoms with Gasteiger partial charge in [0.2, 0.25) is 10.0 Å². The smallest absolute Gasteiger partial charge is 0.254 e. The van der Waals surface area contributed by atoms with Crippen molar-refractivity contribution in [3.05, 3.63) is 95.3 Å². The Kier molecular flexibility index (Phi) is 8.35. The molecule has 1 aromatic heterocycles. The maximum absolute atomic E-state index is 14.7. The Hall–Kier alpha value is -3.67. The van der Waals surface area contributed by atoms with E-state index in [1.807, 2.05) is 12.1 Å². The maximum Gasteiger partial charge on any atom is 0.254 e. The molecule has 8 rings (SSSR count). The van der Waals surface area contributed by atoms with Gasteiger partial charge in [-0.05, 0) is 106 Å². The summed E-state index contributed by atoms with van der Waals surface area (Å²) in [7, 11) is -4.29. The number of para-hydroxylation sites is 2. The number of imidazole rings is 1. The predicted octanol–water partition coefficient (Wildman–Crippen LogP) is 6.50. The summed E-state index contributed by atoms with van der Waals surface area (Å²) in [5, 5.41) is 0. The van der Waals surface area contributed by atoms with Crippen molar-refractivity contribution in [3.8, 4) is 0 Å². The molecule has 2 atom stereocenters. The second-order valence-electron chi connectivity index (χ2n) is 14.6. The Bertz CT molecular complexity index is 1970. The quantitative estimate of drug-likeness (QED) is 0.217. The molecule has 1 aliphatic carbocycles. The molecule has 4 heterocycles. The second-order valence-corrected chi connectivity index (χ2v) is 16.3. The zero-order valence-corrected chi connectivity index (χ0v) is 28.6. The van der Waals surface area contributed by atoms with Crippen molar-refractivity contribution in [1.29, 1.82) is 0 Å². The van der Waals surface area contributed by atoms with Crippen LogP contribution in [0.4, 0.5) is 8.78 Å². The van der Waals surface area contributed by atoms with Crippen LogP contribution in [0.1, 0.15) is 85.6 Å². The van der Waals surface area contributed by atoms with Crippen LogP contribution < -0.4 is 4.72 Å². The Morgan fingerprint density at radius 3 is 2.29 bits per heavy atom. The van der Waals surface area contributed by atoms with E-state index in [9.17, 15) is 22.0 Å². The van der Waals surface area contributed by atoms with Crippen LogP contribution in [0.15, 0.2) is 71.6 Å². The van der Waals surface area contributed by atoms with Gasteiger partial charge < -0.3 is 9.47 Å². The number of nitrogens with one attached hydrogen (secondary N) is 1. The van der Waals surface area contributed by atoms with Crippen molar-refractivity contribution < 1.29 is 22.0 Å². The Labute approximate surface area is 286 Å². The third kappa shape index (κ3) is 6.08. The fourth-order valence-corrected chi connectivity index (χ4v) is 10.4. The van der Waals surface area contributed by atoms with Gasteiger partial charge in [-0.1, -0.05) is 42.5 Å².